The molecule has 0 aromatic heterocycles. The SMILES string of the molecule is CCC(C)N(CC)c1cc(Br)ccc1CNCCOC. The third kappa shape index (κ3) is 5.08. The molecule has 0 saturated heterocycles. The van der Waals surface area contributed by atoms with Gasteiger partial charge >= 0.3 is 0 Å². The van der Waals surface area contributed by atoms with Crippen LogP contribution >= 0.6 is 15.9 Å². The number of benzene rings is 1. The van der Waals surface area contributed by atoms with E-state index in [4.69, 9.17) is 4.74 Å². The summed E-state index contributed by atoms with van der Waals surface area (Å²) in [5.74, 6) is 0. The third-order valence-electron chi connectivity index (χ3n) is 3.62. The summed E-state index contributed by atoms with van der Waals surface area (Å²) in [6.07, 6.45) is 1.15. The minimum absolute atomic E-state index is 0.548. The number of ether oxygens (including phenoxy) is 1. The lowest BCUT2D eigenvalue weighted by Gasteiger charge is -2.31. The molecular formula is C16H27BrN2O. The summed E-state index contributed by atoms with van der Waals surface area (Å²) in [7, 11) is 1.73. The van der Waals surface area contributed by atoms with Crippen LogP contribution in [-0.4, -0.2) is 32.8 Å². The number of methoxy groups -OCH3 is 1. The fraction of sp³-hybridized carbons (Fsp3) is 0.625. The summed E-state index contributed by atoms with van der Waals surface area (Å²) in [4.78, 5) is 2.47. The van der Waals surface area contributed by atoms with Crippen molar-refractivity contribution in [2.45, 2.75) is 39.8 Å². The molecule has 3 nitrogen and oxygen atoms in total. The highest BCUT2D eigenvalue weighted by Crippen LogP contribution is 2.27. The molecule has 0 saturated carbocycles. The van der Waals surface area contributed by atoms with E-state index in [0.717, 1.165) is 37.1 Å². The van der Waals surface area contributed by atoms with Gasteiger partial charge in [0.2, 0.25) is 0 Å². The quantitative estimate of drug-likeness (QED) is 0.690. The number of hydrogen-bond acceptors (Lipinski definition) is 3. The molecular weight excluding hydrogens is 316 g/mol. The van der Waals surface area contributed by atoms with Crippen LogP contribution in [0.1, 0.15) is 32.8 Å². The number of halogens is 1. The van der Waals surface area contributed by atoms with Gasteiger partial charge in [0.05, 0.1) is 6.61 Å². The van der Waals surface area contributed by atoms with Crippen molar-refractivity contribution >= 4 is 21.6 Å². The lowest BCUT2D eigenvalue weighted by atomic mass is 10.1. The van der Waals surface area contributed by atoms with Gasteiger partial charge in [-0.2, -0.15) is 0 Å². The van der Waals surface area contributed by atoms with Crippen LogP contribution in [0.4, 0.5) is 5.69 Å². The van der Waals surface area contributed by atoms with E-state index in [2.05, 4.69) is 65.1 Å². The first-order valence-electron chi connectivity index (χ1n) is 7.38. The largest absolute Gasteiger partial charge is 0.383 e. The minimum atomic E-state index is 0.548. The lowest BCUT2D eigenvalue weighted by molar-refractivity contribution is 0.199. The van der Waals surface area contributed by atoms with Crippen molar-refractivity contribution in [1.82, 2.24) is 5.32 Å². The van der Waals surface area contributed by atoms with Crippen molar-refractivity contribution in [3.05, 3.63) is 28.2 Å². The van der Waals surface area contributed by atoms with Gasteiger partial charge in [0.15, 0.2) is 0 Å². The molecule has 114 valence electrons. The number of nitrogens with zero attached hydrogens (tertiary/aromatic N) is 1. The summed E-state index contributed by atoms with van der Waals surface area (Å²) in [6, 6.07) is 7.08. The zero-order valence-electron chi connectivity index (χ0n) is 13.1. The molecule has 4 heteroatoms. The standard InChI is InChI=1S/C16H27BrN2O/c1-5-13(3)19(6-2)16-11-15(17)8-7-14(16)12-18-9-10-20-4/h7-8,11,13,18H,5-6,9-10,12H2,1-4H3. The van der Waals surface area contributed by atoms with E-state index in [1.807, 2.05) is 0 Å². The van der Waals surface area contributed by atoms with Crippen LogP contribution in [0.15, 0.2) is 22.7 Å². The van der Waals surface area contributed by atoms with E-state index in [0.29, 0.717) is 6.04 Å². The van der Waals surface area contributed by atoms with Crippen molar-refractivity contribution in [3.8, 4) is 0 Å². The van der Waals surface area contributed by atoms with Crippen LogP contribution in [-0.2, 0) is 11.3 Å². The Labute approximate surface area is 131 Å². The van der Waals surface area contributed by atoms with E-state index < -0.39 is 0 Å². The van der Waals surface area contributed by atoms with Gasteiger partial charge in [-0.15, -0.1) is 0 Å². The number of rotatable bonds is 9. The second-order valence-corrected chi connectivity index (χ2v) is 5.90. The number of anilines is 1. The van der Waals surface area contributed by atoms with Crippen molar-refractivity contribution in [2.24, 2.45) is 0 Å². The van der Waals surface area contributed by atoms with E-state index in [1.54, 1.807) is 7.11 Å². The Kier molecular flexibility index (Phi) is 8.19. The lowest BCUT2D eigenvalue weighted by Crippen LogP contribution is -2.33. The van der Waals surface area contributed by atoms with Gasteiger partial charge in [-0.05, 0) is 38.0 Å². The number of nitrogens with one attached hydrogen (secondary N) is 1. The van der Waals surface area contributed by atoms with Gasteiger partial charge in [0, 0.05) is 42.9 Å². The summed E-state index contributed by atoms with van der Waals surface area (Å²) >= 11 is 3.59. The molecule has 1 atom stereocenters. The van der Waals surface area contributed by atoms with Gasteiger partial charge in [-0.25, -0.2) is 0 Å². The minimum Gasteiger partial charge on any atom is -0.383 e. The first kappa shape index (κ1) is 17.5. The average Bonchev–Trinajstić information content (AvgIpc) is 2.46. The molecule has 0 radical (unpaired) electrons. The smallest absolute Gasteiger partial charge is 0.0587 e. The molecule has 0 spiro atoms. The fourth-order valence-electron chi connectivity index (χ4n) is 2.29. The van der Waals surface area contributed by atoms with Gasteiger partial charge in [0.1, 0.15) is 0 Å². The maximum Gasteiger partial charge on any atom is 0.0587 e. The third-order valence-corrected chi connectivity index (χ3v) is 4.11. The van der Waals surface area contributed by atoms with Crippen molar-refractivity contribution < 1.29 is 4.74 Å². The van der Waals surface area contributed by atoms with Crippen LogP contribution in [0.3, 0.4) is 0 Å². The van der Waals surface area contributed by atoms with Gasteiger partial charge in [-0.3, -0.25) is 0 Å². The van der Waals surface area contributed by atoms with Crippen molar-refractivity contribution in [3.63, 3.8) is 0 Å². The van der Waals surface area contributed by atoms with Crippen molar-refractivity contribution in [1.29, 1.82) is 0 Å². The monoisotopic (exact) mass is 342 g/mol. The van der Waals surface area contributed by atoms with Gasteiger partial charge in [0.25, 0.3) is 0 Å². The highest BCUT2D eigenvalue weighted by molar-refractivity contribution is 9.10. The maximum absolute atomic E-state index is 5.07. The molecule has 0 heterocycles. The van der Waals surface area contributed by atoms with Crippen LogP contribution in [0.2, 0.25) is 0 Å². The Balaban J connectivity index is 2.88. The fourth-order valence-corrected chi connectivity index (χ4v) is 2.64. The molecule has 0 fully saturated rings. The van der Waals surface area contributed by atoms with E-state index in [-0.39, 0.29) is 0 Å². The van der Waals surface area contributed by atoms with Gasteiger partial charge < -0.3 is 15.0 Å². The predicted octanol–water partition coefficient (Wildman–Crippen LogP) is 3.81. The average molecular weight is 343 g/mol. The first-order valence-corrected chi connectivity index (χ1v) is 8.18. The summed E-state index contributed by atoms with van der Waals surface area (Å²) in [6.45, 7) is 10.3. The maximum atomic E-state index is 5.07. The van der Waals surface area contributed by atoms with Crippen LogP contribution in [0.25, 0.3) is 0 Å². The summed E-state index contributed by atoms with van der Waals surface area (Å²) in [5, 5.41) is 3.43. The Morgan fingerprint density at radius 1 is 1.35 bits per heavy atom. The summed E-state index contributed by atoms with van der Waals surface area (Å²) < 4.78 is 6.21. The molecule has 20 heavy (non-hydrogen) atoms. The van der Waals surface area contributed by atoms with E-state index in [1.165, 1.54) is 11.3 Å². The molecule has 0 aliphatic rings. The second kappa shape index (κ2) is 9.37. The zero-order chi connectivity index (χ0) is 15.0. The summed E-state index contributed by atoms with van der Waals surface area (Å²) in [5.41, 5.74) is 2.66. The molecule has 1 unspecified atom stereocenters. The Morgan fingerprint density at radius 2 is 2.10 bits per heavy atom. The Hall–Kier alpha value is -0.580. The molecule has 1 aromatic carbocycles. The topological polar surface area (TPSA) is 24.5 Å². The molecule has 0 bridgehead atoms. The molecule has 0 aliphatic carbocycles. The van der Waals surface area contributed by atoms with Crippen LogP contribution < -0.4 is 10.2 Å². The second-order valence-electron chi connectivity index (χ2n) is 4.99. The molecule has 1 rings (SSSR count). The molecule has 1 aromatic rings. The Bertz CT molecular complexity index is 398. The molecule has 1 N–H and O–H groups in total. The van der Waals surface area contributed by atoms with E-state index >= 15 is 0 Å². The van der Waals surface area contributed by atoms with E-state index in [9.17, 15) is 0 Å². The van der Waals surface area contributed by atoms with Crippen LogP contribution in [0.5, 0.6) is 0 Å². The normalized spacial score (nSPS) is 12.4. The highest BCUT2D eigenvalue weighted by atomic mass is 79.9. The van der Waals surface area contributed by atoms with Gasteiger partial charge in [-0.1, -0.05) is 28.9 Å². The molecule has 0 aliphatic heterocycles. The Morgan fingerprint density at radius 3 is 2.70 bits per heavy atom. The first-order chi connectivity index (χ1) is 9.63. The number of hydrogen-bond donors (Lipinski definition) is 1. The predicted molar refractivity (Wildman–Crippen MR) is 90.5 cm³/mol. The zero-order valence-corrected chi connectivity index (χ0v) is 14.7. The van der Waals surface area contributed by atoms with Crippen molar-refractivity contribution in [2.75, 3.05) is 31.7 Å². The van der Waals surface area contributed by atoms with Crippen LogP contribution in [0, 0.1) is 0 Å². The molecule has 0 amide bonds. The highest BCUT2D eigenvalue weighted by Gasteiger charge is 2.15.